The van der Waals surface area contributed by atoms with Crippen LogP contribution in [0.4, 0.5) is 11.4 Å². The van der Waals surface area contributed by atoms with E-state index in [9.17, 15) is 9.59 Å². The molecule has 0 aliphatic carbocycles. The molecule has 2 aromatic rings. The van der Waals surface area contributed by atoms with Crippen LogP contribution in [0.2, 0.25) is 0 Å². The fourth-order valence-corrected chi connectivity index (χ4v) is 4.24. The monoisotopic (exact) mass is 478 g/mol. The van der Waals surface area contributed by atoms with Crippen LogP contribution in [0.1, 0.15) is 11.1 Å². The first-order valence-electron chi connectivity index (χ1n) is 11.5. The Bertz CT molecular complexity index is 1110. The predicted octanol–water partition coefficient (Wildman–Crippen LogP) is 3.40. The van der Waals surface area contributed by atoms with Crippen LogP contribution in [0.3, 0.4) is 0 Å². The van der Waals surface area contributed by atoms with Crippen molar-refractivity contribution in [2.24, 2.45) is 5.92 Å². The van der Waals surface area contributed by atoms with Crippen LogP contribution >= 0.6 is 0 Å². The van der Waals surface area contributed by atoms with Gasteiger partial charge in [-0.1, -0.05) is 24.3 Å². The number of hydrogen-bond donors (Lipinski definition) is 2. The third-order valence-corrected chi connectivity index (χ3v) is 6.19. The summed E-state index contributed by atoms with van der Waals surface area (Å²) in [6.45, 7) is 0.428. The topological polar surface area (TPSA) is 95.1 Å². The first-order chi connectivity index (χ1) is 17.0. The van der Waals surface area contributed by atoms with Gasteiger partial charge in [-0.3, -0.25) is 4.79 Å². The van der Waals surface area contributed by atoms with Crippen molar-refractivity contribution >= 4 is 35.3 Å². The first-order valence-corrected chi connectivity index (χ1v) is 11.5. The summed E-state index contributed by atoms with van der Waals surface area (Å²) in [7, 11) is 5.25. The van der Waals surface area contributed by atoms with Crippen molar-refractivity contribution in [3.8, 4) is 5.75 Å². The van der Waals surface area contributed by atoms with E-state index in [1.807, 2.05) is 56.6 Å². The first kappa shape index (κ1) is 24.5. The van der Waals surface area contributed by atoms with Gasteiger partial charge < -0.3 is 29.6 Å². The highest BCUT2D eigenvalue weighted by Crippen LogP contribution is 2.34. The molecular weight excluding hydrogens is 448 g/mol. The van der Waals surface area contributed by atoms with Gasteiger partial charge in [-0.2, -0.15) is 0 Å². The zero-order valence-corrected chi connectivity index (χ0v) is 20.0. The summed E-state index contributed by atoms with van der Waals surface area (Å²) >= 11 is 0. The average molecular weight is 479 g/mol. The van der Waals surface area contributed by atoms with Crippen LogP contribution in [0.15, 0.2) is 54.6 Å². The highest BCUT2D eigenvalue weighted by atomic mass is 16.6. The van der Waals surface area contributed by atoms with Crippen molar-refractivity contribution in [2.45, 2.75) is 18.3 Å². The molecule has 0 aromatic heterocycles. The minimum atomic E-state index is -0.561. The fraction of sp³-hybridized carbons (Fsp3) is 0.333. The number of carbonyl (C=O) groups excluding carboxylic acids is 2. The van der Waals surface area contributed by atoms with E-state index in [0.717, 1.165) is 22.5 Å². The molecule has 2 saturated heterocycles. The Morgan fingerprint density at radius 2 is 1.63 bits per heavy atom. The Balaban J connectivity index is 1.32. The molecule has 2 heterocycles. The van der Waals surface area contributed by atoms with Crippen molar-refractivity contribution in [1.29, 1.82) is 0 Å². The minimum absolute atomic E-state index is 0.0685. The van der Waals surface area contributed by atoms with Crippen molar-refractivity contribution in [3.05, 3.63) is 65.7 Å². The minimum Gasteiger partial charge on any atom is -0.495 e. The maximum absolute atomic E-state index is 12.8. The number of rotatable bonds is 9. The number of anilines is 2. The van der Waals surface area contributed by atoms with Gasteiger partial charge in [-0.15, -0.1) is 0 Å². The highest BCUT2D eigenvalue weighted by Gasteiger charge is 2.51. The number of benzene rings is 2. The largest absolute Gasteiger partial charge is 0.495 e. The molecule has 184 valence electrons. The summed E-state index contributed by atoms with van der Waals surface area (Å²) < 4.78 is 22.5. The molecule has 4 atom stereocenters. The molecule has 0 bridgehead atoms. The summed E-state index contributed by atoms with van der Waals surface area (Å²) in [6.07, 6.45) is 4.91. The summed E-state index contributed by atoms with van der Waals surface area (Å²) in [6, 6.07) is 13.3. The van der Waals surface area contributed by atoms with E-state index < -0.39 is 30.2 Å². The molecular formula is C27H30N2O6. The number of allylic oxidation sites excluding steroid dienone is 1. The van der Waals surface area contributed by atoms with Crippen LogP contribution in [0.5, 0.6) is 5.75 Å². The number of fused-ring (bicyclic) bond motifs is 1. The summed E-state index contributed by atoms with van der Waals surface area (Å²) in [5.41, 5.74) is 3.58. The third-order valence-electron chi connectivity index (χ3n) is 6.19. The third kappa shape index (κ3) is 5.72. The van der Waals surface area contributed by atoms with E-state index in [0.29, 0.717) is 5.75 Å². The van der Waals surface area contributed by atoms with E-state index in [1.165, 1.54) is 6.08 Å². The standard InChI is InChI=1S/C27H30N2O6/c1-28-19-9-4-17(5-10-19)7-12-22(30)20-15-33-27-24(16-34-26(20)27)35-25(31)13-8-18-6-11-21(29-2)23(14-18)32-3/h4-14,20,24,26-29H,15-16H2,1-3H3/b12-7+,13-8+. The maximum Gasteiger partial charge on any atom is 0.331 e. The average Bonchev–Trinajstić information content (AvgIpc) is 3.49. The Hall–Kier alpha value is -3.62. The molecule has 4 unspecified atom stereocenters. The number of nitrogens with one attached hydrogen (secondary N) is 2. The normalized spacial score (nSPS) is 23.4. The number of hydrogen-bond acceptors (Lipinski definition) is 8. The Kier molecular flexibility index (Phi) is 7.84. The van der Waals surface area contributed by atoms with E-state index in [4.69, 9.17) is 18.9 Å². The number of ether oxygens (including phenoxy) is 4. The van der Waals surface area contributed by atoms with Crippen molar-refractivity contribution in [2.75, 3.05) is 45.1 Å². The number of esters is 1. The lowest BCUT2D eigenvalue weighted by Crippen LogP contribution is -2.34. The van der Waals surface area contributed by atoms with Crippen molar-refractivity contribution < 1.29 is 28.5 Å². The maximum atomic E-state index is 12.8. The molecule has 8 heteroatoms. The van der Waals surface area contributed by atoms with Gasteiger partial charge in [-0.25, -0.2) is 4.79 Å². The van der Waals surface area contributed by atoms with E-state index >= 15 is 0 Å². The van der Waals surface area contributed by atoms with Gasteiger partial charge in [0.05, 0.1) is 38.0 Å². The Morgan fingerprint density at radius 1 is 0.914 bits per heavy atom. The quantitative estimate of drug-likeness (QED) is 0.418. The molecule has 35 heavy (non-hydrogen) atoms. The molecule has 0 amide bonds. The smallest absolute Gasteiger partial charge is 0.331 e. The zero-order valence-electron chi connectivity index (χ0n) is 20.0. The molecule has 8 nitrogen and oxygen atoms in total. The van der Waals surface area contributed by atoms with Gasteiger partial charge in [0.1, 0.15) is 11.9 Å². The highest BCUT2D eigenvalue weighted by molar-refractivity contribution is 5.96. The molecule has 0 radical (unpaired) electrons. The number of carbonyl (C=O) groups is 2. The van der Waals surface area contributed by atoms with Gasteiger partial charge >= 0.3 is 5.97 Å². The lowest BCUT2D eigenvalue weighted by molar-refractivity contribution is -0.147. The Labute approximate surface area is 204 Å². The SMILES string of the molecule is CNc1ccc(/C=C/C(=O)C2COC3C(OC(=O)/C=C/c4ccc(NC)c(OC)c4)COC23)cc1. The van der Waals surface area contributed by atoms with Crippen molar-refractivity contribution in [1.82, 2.24) is 0 Å². The van der Waals surface area contributed by atoms with Crippen LogP contribution in [-0.2, 0) is 23.8 Å². The molecule has 0 saturated carbocycles. The Morgan fingerprint density at radius 3 is 2.34 bits per heavy atom. The second kappa shape index (κ2) is 11.2. The molecule has 2 aliphatic rings. The van der Waals surface area contributed by atoms with E-state index in [2.05, 4.69) is 10.6 Å². The zero-order chi connectivity index (χ0) is 24.8. The molecule has 2 aromatic carbocycles. The van der Waals surface area contributed by atoms with Gasteiger partial charge in [0.2, 0.25) is 0 Å². The van der Waals surface area contributed by atoms with Crippen LogP contribution in [-0.4, -0.2) is 64.5 Å². The molecule has 0 spiro atoms. The van der Waals surface area contributed by atoms with Gasteiger partial charge in [0.25, 0.3) is 0 Å². The lowest BCUT2D eigenvalue weighted by atomic mass is 9.96. The summed E-state index contributed by atoms with van der Waals surface area (Å²) in [5, 5.41) is 6.10. The van der Waals surface area contributed by atoms with Gasteiger partial charge in [-0.05, 0) is 47.5 Å². The second-order valence-electron chi connectivity index (χ2n) is 8.33. The fourth-order valence-electron chi connectivity index (χ4n) is 4.24. The van der Waals surface area contributed by atoms with Crippen LogP contribution < -0.4 is 15.4 Å². The van der Waals surface area contributed by atoms with Gasteiger partial charge in [0, 0.05) is 25.9 Å². The molecule has 2 fully saturated rings. The summed E-state index contributed by atoms with van der Waals surface area (Å²) in [4.78, 5) is 25.2. The van der Waals surface area contributed by atoms with Crippen LogP contribution in [0.25, 0.3) is 12.2 Å². The van der Waals surface area contributed by atoms with E-state index in [1.54, 1.807) is 25.3 Å². The number of ketones is 1. The molecule has 2 aliphatic heterocycles. The second-order valence-corrected chi connectivity index (χ2v) is 8.33. The number of methoxy groups -OCH3 is 1. The predicted molar refractivity (Wildman–Crippen MR) is 134 cm³/mol. The van der Waals surface area contributed by atoms with Gasteiger partial charge in [0.15, 0.2) is 11.9 Å². The lowest BCUT2D eigenvalue weighted by Gasteiger charge is -2.15. The molecule has 4 rings (SSSR count). The van der Waals surface area contributed by atoms with Crippen molar-refractivity contribution in [3.63, 3.8) is 0 Å². The summed E-state index contributed by atoms with van der Waals surface area (Å²) in [5.74, 6) is -0.320. The molecule has 2 N–H and O–H groups in total. The van der Waals surface area contributed by atoms with E-state index in [-0.39, 0.29) is 19.0 Å². The van der Waals surface area contributed by atoms with Crippen LogP contribution in [0, 0.1) is 5.92 Å².